The zero-order valence-corrected chi connectivity index (χ0v) is 15.2. The maximum absolute atomic E-state index is 13.1. The summed E-state index contributed by atoms with van der Waals surface area (Å²) in [5.41, 5.74) is 2.20. The summed E-state index contributed by atoms with van der Waals surface area (Å²) < 4.78 is 28.1. The molecule has 148 valence electrons. The van der Waals surface area contributed by atoms with Crippen LogP contribution in [0.2, 0.25) is 0 Å². The van der Waals surface area contributed by atoms with E-state index in [0.717, 1.165) is 10.9 Å². The highest BCUT2D eigenvalue weighted by Gasteiger charge is 2.61. The molecule has 1 aliphatic heterocycles. The van der Waals surface area contributed by atoms with E-state index in [1.165, 1.54) is 0 Å². The Hall–Kier alpha value is -2.75. The third-order valence-corrected chi connectivity index (χ3v) is 5.51. The molecule has 3 aromatic rings. The Morgan fingerprint density at radius 1 is 1.50 bits per heavy atom. The Bertz CT molecular complexity index is 1070. The Balaban J connectivity index is 1.46. The molecular formula is C18H20F2N6O2. The summed E-state index contributed by atoms with van der Waals surface area (Å²) in [6.07, 6.45) is 2.90. The first-order valence-electron chi connectivity index (χ1n) is 9.31. The van der Waals surface area contributed by atoms with Crippen LogP contribution in [0.4, 0.5) is 8.78 Å². The van der Waals surface area contributed by atoms with Gasteiger partial charge < -0.3 is 20.4 Å². The van der Waals surface area contributed by atoms with Gasteiger partial charge in [0, 0.05) is 30.6 Å². The van der Waals surface area contributed by atoms with Crippen LogP contribution in [0.1, 0.15) is 31.7 Å². The molecule has 2 fully saturated rings. The number of aliphatic hydroxyl groups excluding tert-OH is 1. The average molecular weight is 390 g/mol. The molecule has 8 nitrogen and oxygen atoms in total. The Labute approximate surface area is 158 Å². The van der Waals surface area contributed by atoms with Gasteiger partial charge in [0.25, 0.3) is 5.92 Å². The first-order chi connectivity index (χ1) is 13.3. The Morgan fingerprint density at radius 2 is 2.29 bits per heavy atom. The van der Waals surface area contributed by atoms with Crippen LogP contribution in [0, 0.1) is 5.92 Å². The molecule has 1 saturated heterocycles. The minimum absolute atomic E-state index is 0.230. The van der Waals surface area contributed by atoms with Crippen molar-refractivity contribution in [3.8, 4) is 0 Å². The number of carbonyl (C=O) groups is 1. The fourth-order valence-electron chi connectivity index (χ4n) is 3.97. The first kappa shape index (κ1) is 17.4. The maximum atomic E-state index is 13.1. The van der Waals surface area contributed by atoms with E-state index < -0.39 is 23.9 Å². The molecule has 3 atom stereocenters. The predicted octanol–water partition coefficient (Wildman–Crippen LogP) is 1.45. The SMILES string of the molecule is C[C@@H](O)c1nc2cnc3[nH]ccc3c2n1N1CC[C@@H](NC(=O)C2CC2(F)F)C1. The van der Waals surface area contributed by atoms with Crippen molar-refractivity contribution in [2.45, 2.75) is 37.8 Å². The zero-order valence-electron chi connectivity index (χ0n) is 15.2. The van der Waals surface area contributed by atoms with Gasteiger partial charge >= 0.3 is 0 Å². The number of pyridine rings is 1. The molecule has 0 bridgehead atoms. The summed E-state index contributed by atoms with van der Waals surface area (Å²) in [6, 6.07) is 1.67. The molecule has 1 aliphatic carbocycles. The number of amides is 1. The lowest BCUT2D eigenvalue weighted by Crippen LogP contribution is -2.41. The highest BCUT2D eigenvalue weighted by molar-refractivity contribution is 6.01. The van der Waals surface area contributed by atoms with Crippen molar-refractivity contribution in [2.75, 3.05) is 18.1 Å². The second-order valence-corrected chi connectivity index (χ2v) is 7.61. The minimum Gasteiger partial charge on any atom is -0.385 e. The number of aromatic amines is 1. The van der Waals surface area contributed by atoms with Gasteiger partial charge in [0.15, 0.2) is 5.82 Å². The quantitative estimate of drug-likeness (QED) is 0.626. The molecule has 0 aromatic carbocycles. The Morgan fingerprint density at radius 3 is 3.00 bits per heavy atom. The summed E-state index contributed by atoms with van der Waals surface area (Å²) in [5, 5.41) is 15.9. The van der Waals surface area contributed by atoms with Gasteiger partial charge in [-0.2, -0.15) is 0 Å². The summed E-state index contributed by atoms with van der Waals surface area (Å²) in [6.45, 7) is 2.69. The molecule has 3 N–H and O–H groups in total. The van der Waals surface area contributed by atoms with E-state index in [1.807, 2.05) is 15.8 Å². The van der Waals surface area contributed by atoms with Crippen LogP contribution in [0.15, 0.2) is 18.5 Å². The minimum atomic E-state index is -2.87. The van der Waals surface area contributed by atoms with E-state index in [2.05, 4.69) is 20.3 Å². The largest absolute Gasteiger partial charge is 0.385 e. The summed E-state index contributed by atoms with van der Waals surface area (Å²) in [7, 11) is 0. The van der Waals surface area contributed by atoms with E-state index >= 15 is 0 Å². The smallest absolute Gasteiger partial charge is 0.260 e. The summed E-state index contributed by atoms with van der Waals surface area (Å²) in [5.74, 6) is -4.17. The van der Waals surface area contributed by atoms with Gasteiger partial charge in [-0.3, -0.25) is 4.79 Å². The van der Waals surface area contributed by atoms with E-state index in [0.29, 0.717) is 36.5 Å². The van der Waals surface area contributed by atoms with Crippen molar-refractivity contribution in [3.63, 3.8) is 0 Å². The monoisotopic (exact) mass is 390 g/mol. The van der Waals surface area contributed by atoms with Gasteiger partial charge in [-0.1, -0.05) is 0 Å². The molecule has 5 rings (SSSR count). The summed E-state index contributed by atoms with van der Waals surface area (Å²) in [4.78, 5) is 24.0. The molecule has 4 heterocycles. The van der Waals surface area contributed by atoms with Crippen molar-refractivity contribution in [2.24, 2.45) is 5.92 Å². The number of nitrogens with one attached hydrogen (secondary N) is 2. The van der Waals surface area contributed by atoms with Crippen molar-refractivity contribution in [3.05, 3.63) is 24.3 Å². The topological polar surface area (TPSA) is 99.1 Å². The van der Waals surface area contributed by atoms with Crippen molar-refractivity contribution < 1.29 is 18.7 Å². The molecular weight excluding hydrogens is 370 g/mol. The number of hydrogen-bond donors (Lipinski definition) is 3. The number of halogens is 2. The molecule has 28 heavy (non-hydrogen) atoms. The van der Waals surface area contributed by atoms with Gasteiger partial charge in [-0.05, 0) is 19.4 Å². The fraction of sp³-hybridized carbons (Fsp3) is 0.500. The van der Waals surface area contributed by atoms with E-state index in [-0.39, 0.29) is 12.5 Å². The van der Waals surface area contributed by atoms with Gasteiger partial charge in [0.2, 0.25) is 5.91 Å². The van der Waals surface area contributed by atoms with Gasteiger partial charge in [0.1, 0.15) is 28.7 Å². The standard InChI is InChI=1S/C18H20F2N6O2/c1-9(27)16-24-13-7-22-15-11(2-4-21-15)14(13)26(16)25-5-3-10(8-25)23-17(28)12-6-18(12,19)20/h2,4,7,9-10,12,27H,3,5-6,8H2,1H3,(H,21,22)(H,23,28)/t9-,10-,12?/m1/s1. The number of rotatable bonds is 4. The second-order valence-electron chi connectivity index (χ2n) is 7.61. The van der Waals surface area contributed by atoms with E-state index in [1.54, 1.807) is 19.3 Å². The predicted molar refractivity (Wildman–Crippen MR) is 97.6 cm³/mol. The first-order valence-corrected chi connectivity index (χ1v) is 9.31. The van der Waals surface area contributed by atoms with Gasteiger partial charge in [-0.25, -0.2) is 23.4 Å². The number of aromatic nitrogens is 4. The number of H-pyrrole nitrogens is 1. The van der Waals surface area contributed by atoms with Crippen molar-refractivity contribution >= 4 is 28.0 Å². The molecule has 10 heteroatoms. The highest BCUT2D eigenvalue weighted by atomic mass is 19.3. The molecule has 1 saturated carbocycles. The molecule has 0 spiro atoms. The normalized spacial score (nSPS) is 24.8. The second kappa shape index (κ2) is 5.87. The van der Waals surface area contributed by atoms with E-state index in [9.17, 15) is 18.7 Å². The maximum Gasteiger partial charge on any atom is 0.260 e. The van der Waals surface area contributed by atoms with E-state index in [4.69, 9.17) is 0 Å². The lowest BCUT2D eigenvalue weighted by molar-refractivity contribution is -0.125. The molecule has 2 aliphatic rings. The van der Waals surface area contributed by atoms with Crippen LogP contribution in [0.25, 0.3) is 22.1 Å². The van der Waals surface area contributed by atoms with Crippen molar-refractivity contribution in [1.29, 1.82) is 0 Å². The van der Waals surface area contributed by atoms with Crippen LogP contribution in [-0.2, 0) is 4.79 Å². The van der Waals surface area contributed by atoms with Crippen LogP contribution >= 0.6 is 0 Å². The number of alkyl halides is 2. The third-order valence-electron chi connectivity index (χ3n) is 5.51. The van der Waals surface area contributed by atoms with Gasteiger partial charge in [0.05, 0.1) is 12.7 Å². The number of nitrogens with zero attached hydrogens (tertiary/aromatic N) is 4. The van der Waals surface area contributed by atoms with Gasteiger partial charge in [-0.15, -0.1) is 0 Å². The van der Waals surface area contributed by atoms with Crippen LogP contribution < -0.4 is 10.3 Å². The van der Waals surface area contributed by atoms with Crippen LogP contribution in [-0.4, -0.2) is 55.7 Å². The number of carbonyl (C=O) groups excluding carboxylic acids is 1. The average Bonchev–Trinajstić information content (AvgIpc) is 3.11. The molecule has 1 amide bonds. The van der Waals surface area contributed by atoms with Crippen molar-refractivity contribution in [1.82, 2.24) is 24.9 Å². The lowest BCUT2D eigenvalue weighted by Gasteiger charge is -2.24. The van der Waals surface area contributed by atoms with Crippen LogP contribution in [0.3, 0.4) is 0 Å². The number of hydrogen-bond acceptors (Lipinski definition) is 5. The highest BCUT2D eigenvalue weighted by Crippen LogP contribution is 2.48. The fourth-order valence-corrected chi connectivity index (χ4v) is 3.97. The third kappa shape index (κ3) is 2.62. The number of imidazole rings is 1. The lowest BCUT2D eigenvalue weighted by atomic mass is 10.2. The van der Waals surface area contributed by atoms with Crippen LogP contribution in [0.5, 0.6) is 0 Å². The molecule has 0 radical (unpaired) electrons. The summed E-state index contributed by atoms with van der Waals surface area (Å²) >= 11 is 0. The molecule has 3 aromatic heterocycles. The zero-order chi connectivity index (χ0) is 19.6. The Kier molecular flexibility index (Phi) is 3.64. The number of fused-ring (bicyclic) bond motifs is 3. The molecule has 1 unspecified atom stereocenters. The number of aliphatic hydroxyl groups is 1.